The lowest BCUT2D eigenvalue weighted by atomic mass is 9.95. The van der Waals surface area contributed by atoms with Gasteiger partial charge in [-0.3, -0.25) is 14.7 Å². The number of benzene rings is 2. The van der Waals surface area contributed by atoms with Crippen molar-refractivity contribution in [2.75, 3.05) is 18.4 Å². The van der Waals surface area contributed by atoms with Crippen molar-refractivity contribution in [3.63, 3.8) is 0 Å². The fourth-order valence-corrected chi connectivity index (χ4v) is 5.16. The zero-order valence-corrected chi connectivity index (χ0v) is 20.7. The number of fused-ring (bicyclic) bond motifs is 3. The predicted molar refractivity (Wildman–Crippen MR) is 143 cm³/mol. The SMILES string of the molecule is CCN1CCc2nc3ccccc3c(C(=O)Nc3cc(C)nn3-c3cc(C)c4ccccc4n3)c2C1. The van der Waals surface area contributed by atoms with Crippen molar-refractivity contribution >= 4 is 33.5 Å². The van der Waals surface area contributed by atoms with Gasteiger partial charge in [0.05, 0.1) is 22.3 Å². The zero-order valence-electron chi connectivity index (χ0n) is 20.7. The molecule has 36 heavy (non-hydrogen) atoms. The van der Waals surface area contributed by atoms with Crippen LogP contribution in [0.1, 0.15) is 39.8 Å². The van der Waals surface area contributed by atoms with E-state index in [2.05, 4.69) is 35.2 Å². The van der Waals surface area contributed by atoms with E-state index in [0.29, 0.717) is 17.2 Å². The molecule has 3 aromatic heterocycles. The minimum Gasteiger partial charge on any atom is -0.306 e. The van der Waals surface area contributed by atoms with Gasteiger partial charge in [-0.2, -0.15) is 9.78 Å². The van der Waals surface area contributed by atoms with Crippen LogP contribution < -0.4 is 5.32 Å². The van der Waals surface area contributed by atoms with Crippen molar-refractivity contribution < 1.29 is 4.79 Å². The van der Waals surface area contributed by atoms with E-state index in [9.17, 15) is 4.79 Å². The fourth-order valence-electron chi connectivity index (χ4n) is 5.16. The summed E-state index contributed by atoms with van der Waals surface area (Å²) in [4.78, 5) is 26.0. The van der Waals surface area contributed by atoms with E-state index in [-0.39, 0.29) is 5.91 Å². The monoisotopic (exact) mass is 476 g/mol. The van der Waals surface area contributed by atoms with Crippen LogP contribution in [-0.4, -0.2) is 43.6 Å². The van der Waals surface area contributed by atoms with Gasteiger partial charge in [0.1, 0.15) is 5.82 Å². The van der Waals surface area contributed by atoms with E-state index >= 15 is 0 Å². The number of carbonyl (C=O) groups excluding carboxylic acids is 1. The summed E-state index contributed by atoms with van der Waals surface area (Å²) in [5.74, 6) is 1.12. The van der Waals surface area contributed by atoms with E-state index in [1.165, 1.54) is 0 Å². The third-order valence-electron chi connectivity index (χ3n) is 7.00. The molecule has 2 aromatic carbocycles. The molecule has 0 radical (unpaired) electrons. The van der Waals surface area contributed by atoms with Gasteiger partial charge in [0.2, 0.25) is 0 Å². The lowest BCUT2D eigenvalue weighted by molar-refractivity contribution is 0.102. The first-order valence-corrected chi connectivity index (χ1v) is 12.4. The molecule has 0 spiro atoms. The largest absolute Gasteiger partial charge is 0.306 e. The van der Waals surface area contributed by atoms with Crippen LogP contribution in [0.4, 0.5) is 5.82 Å². The lowest BCUT2D eigenvalue weighted by Crippen LogP contribution is -2.33. The van der Waals surface area contributed by atoms with Crippen molar-refractivity contribution in [2.24, 2.45) is 0 Å². The molecule has 1 amide bonds. The van der Waals surface area contributed by atoms with Crippen LogP contribution in [0.5, 0.6) is 0 Å². The molecule has 0 saturated carbocycles. The summed E-state index contributed by atoms with van der Waals surface area (Å²) in [5, 5.41) is 9.81. The van der Waals surface area contributed by atoms with Crippen LogP contribution in [0.3, 0.4) is 0 Å². The van der Waals surface area contributed by atoms with Gasteiger partial charge in [-0.1, -0.05) is 43.3 Å². The minimum atomic E-state index is -0.151. The molecule has 5 aromatic rings. The Morgan fingerprint density at radius 2 is 1.69 bits per heavy atom. The molecule has 1 aliphatic heterocycles. The Morgan fingerprint density at radius 1 is 0.972 bits per heavy atom. The second-order valence-electron chi connectivity index (χ2n) is 9.40. The number of aromatic nitrogens is 4. The van der Waals surface area contributed by atoms with E-state index in [4.69, 9.17) is 9.97 Å². The van der Waals surface area contributed by atoms with Gasteiger partial charge < -0.3 is 5.32 Å². The van der Waals surface area contributed by atoms with E-state index < -0.39 is 0 Å². The Balaban J connectivity index is 1.45. The first kappa shape index (κ1) is 22.4. The number of hydrogen-bond acceptors (Lipinski definition) is 5. The number of hydrogen-bond donors (Lipinski definition) is 1. The smallest absolute Gasteiger partial charge is 0.257 e. The Labute approximate surface area is 209 Å². The highest BCUT2D eigenvalue weighted by Gasteiger charge is 2.26. The highest BCUT2D eigenvalue weighted by atomic mass is 16.1. The summed E-state index contributed by atoms with van der Waals surface area (Å²) >= 11 is 0. The number of pyridine rings is 2. The first-order valence-electron chi connectivity index (χ1n) is 12.4. The predicted octanol–water partition coefficient (Wildman–Crippen LogP) is 5.22. The first-order chi connectivity index (χ1) is 17.5. The Hall–Kier alpha value is -4.10. The maximum absolute atomic E-state index is 13.9. The summed E-state index contributed by atoms with van der Waals surface area (Å²) in [5.41, 5.74) is 6.38. The van der Waals surface area contributed by atoms with Gasteiger partial charge in [0.15, 0.2) is 5.82 Å². The van der Waals surface area contributed by atoms with Crippen LogP contribution in [0.15, 0.2) is 60.7 Å². The number of aryl methyl sites for hydroxylation is 2. The van der Waals surface area contributed by atoms with Crippen molar-refractivity contribution in [2.45, 2.75) is 33.7 Å². The second-order valence-corrected chi connectivity index (χ2v) is 9.40. The number of nitrogens with zero attached hydrogens (tertiary/aromatic N) is 5. The highest BCUT2D eigenvalue weighted by molar-refractivity contribution is 6.13. The van der Waals surface area contributed by atoms with Crippen LogP contribution in [-0.2, 0) is 13.0 Å². The molecular weight excluding hydrogens is 448 g/mol. The number of amides is 1. The number of anilines is 1. The van der Waals surface area contributed by atoms with Gasteiger partial charge in [-0.05, 0) is 44.2 Å². The fraction of sp³-hybridized carbons (Fsp3) is 0.241. The number of nitrogens with one attached hydrogen (secondary N) is 1. The summed E-state index contributed by atoms with van der Waals surface area (Å²) in [6, 6.07) is 19.8. The molecule has 1 N–H and O–H groups in total. The Morgan fingerprint density at radius 3 is 2.47 bits per heavy atom. The normalized spacial score (nSPS) is 13.8. The van der Waals surface area contributed by atoms with Gasteiger partial charge in [-0.15, -0.1) is 0 Å². The zero-order chi connectivity index (χ0) is 24.8. The molecule has 0 fully saturated rings. The number of para-hydroxylation sites is 2. The van der Waals surface area contributed by atoms with Crippen molar-refractivity contribution in [1.29, 1.82) is 0 Å². The van der Waals surface area contributed by atoms with Gasteiger partial charge >= 0.3 is 0 Å². The quantitative estimate of drug-likeness (QED) is 0.385. The van der Waals surface area contributed by atoms with E-state index in [1.54, 1.807) is 4.68 Å². The molecular formula is C29H28N6O. The third-order valence-corrected chi connectivity index (χ3v) is 7.00. The van der Waals surface area contributed by atoms with Gasteiger partial charge in [0, 0.05) is 47.6 Å². The summed E-state index contributed by atoms with van der Waals surface area (Å²) in [6.07, 6.45) is 0.839. The number of carbonyl (C=O) groups is 1. The van der Waals surface area contributed by atoms with Crippen LogP contribution in [0.25, 0.3) is 27.6 Å². The van der Waals surface area contributed by atoms with Crippen molar-refractivity contribution in [3.05, 3.63) is 88.7 Å². The molecule has 180 valence electrons. The number of rotatable bonds is 4. The number of likely N-dealkylation sites (N-methyl/N-ethyl adjacent to an activating group) is 1. The summed E-state index contributed by atoms with van der Waals surface area (Å²) < 4.78 is 1.72. The molecule has 0 bridgehead atoms. The second kappa shape index (κ2) is 8.84. The van der Waals surface area contributed by atoms with Crippen LogP contribution >= 0.6 is 0 Å². The topological polar surface area (TPSA) is 75.9 Å². The minimum absolute atomic E-state index is 0.151. The maximum Gasteiger partial charge on any atom is 0.257 e. The standard InChI is InChI=1S/C29H28N6O/c1-4-34-14-13-25-22(17-34)28(21-10-6-8-12-24(21)30-25)29(36)32-27-16-19(3)33-35(27)26-15-18(2)20-9-5-7-11-23(20)31-26/h5-12,15-16H,4,13-14,17H2,1-3H3,(H,32,36). The molecule has 4 heterocycles. The Kier molecular flexibility index (Phi) is 5.49. The molecule has 0 aliphatic carbocycles. The van der Waals surface area contributed by atoms with Gasteiger partial charge in [-0.25, -0.2) is 4.98 Å². The molecule has 1 aliphatic rings. The molecule has 7 nitrogen and oxygen atoms in total. The molecule has 0 atom stereocenters. The van der Waals surface area contributed by atoms with Crippen LogP contribution in [0.2, 0.25) is 0 Å². The summed E-state index contributed by atoms with van der Waals surface area (Å²) in [6.45, 7) is 8.75. The summed E-state index contributed by atoms with van der Waals surface area (Å²) in [7, 11) is 0. The van der Waals surface area contributed by atoms with E-state index in [1.807, 2.05) is 61.5 Å². The third kappa shape index (κ3) is 3.82. The molecule has 0 unspecified atom stereocenters. The van der Waals surface area contributed by atoms with Crippen molar-refractivity contribution in [3.8, 4) is 5.82 Å². The van der Waals surface area contributed by atoms with Gasteiger partial charge in [0.25, 0.3) is 5.91 Å². The maximum atomic E-state index is 13.9. The average Bonchev–Trinajstić information content (AvgIpc) is 3.26. The highest BCUT2D eigenvalue weighted by Crippen LogP contribution is 2.29. The lowest BCUT2D eigenvalue weighted by Gasteiger charge is -2.29. The van der Waals surface area contributed by atoms with Crippen LogP contribution in [0, 0.1) is 13.8 Å². The average molecular weight is 477 g/mol. The Bertz CT molecular complexity index is 1640. The van der Waals surface area contributed by atoms with E-state index in [0.717, 1.165) is 70.4 Å². The molecule has 6 rings (SSSR count). The van der Waals surface area contributed by atoms with Crippen molar-refractivity contribution in [1.82, 2.24) is 24.6 Å². The molecule has 0 saturated heterocycles. The molecule has 7 heteroatoms.